The standard InChI is InChI=1S/C14H14FN3O3/c1-2-7-18(9-13(19)20)8-12-16-14(17-21-12)10-3-5-11(15)6-4-10/h2-6H,1,7-9H2,(H,19,20). The van der Waals surface area contributed by atoms with Gasteiger partial charge in [0.25, 0.3) is 0 Å². The number of rotatable bonds is 7. The summed E-state index contributed by atoms with van der Waals surface area (Å²) in [6.45, 7) is 4.01. The van der Waals surface area contributed by atoms with Crippen LogP contribution in [0.4, 0.5) is 4.39 Å². The maximum atomic E-state index is 12.8. The monoisotopic (exact) mass is 291 g/mol. The van der Waals surface area contributed by atoms with Gasteiger partial charge in [-0.1, -0.05) is 11.2 Å². The van der Waals surface area contributed by atoms with Crippen LogP contribution in [-0.2, 0) is 11.3 Å². The molecule has 21 heavy (non-hydrogen) atoms. The number of nitrogens with zero attached hydrogens (tertiary/aromatic N) is 3. The molecule has 0 amide bonds. The molecule has 110 valence electrons. The molecule has 0 atom stereocenters. The van der Waals surface area contributed by atoms with Crippen molar-refractivity contribution in [3.63, 3.8) is 0 Å². The van der Waals surface area contributed by atoms with E-state index in [9.17, 15) is 9.18 Å². The summed E-state index contributed by atoms with van der Waals surface area (Å²) in [5.41, 5.74) is 0.625. The Bertz CT molecular complexity index is 625. The van der Waals surface area contributed by atoms with Crippen LogP contribution >= 0.6 is 0 Å². The average molecular weight is 291 g/mol. The second-order valence-electron chi connectivity index (χ2n) is 4.37. The number of carboxylic acid groups (broad SMARTS) is 1. The van der Waals surface area contributed by atoms with Gasteiger partial charge < -0.3 is 9.63 Å². The molecule has 0 saturated heterocycles. The van der Waals surface area contributed by atoms with E-state index in [1.807, 2.05) is 0 Å². The van der Waals surface area contributed by atoms with Crippen LogP contribution in [0.2, 0.25) is 0 Å². The summed E-state index contributed by atoms with van der Waals surface area (Å²) in [6, 6.07) is 5.70. The van der Waals surface area contributed by atoms with Crippen LogP contribution in [0.3, 0.4) is 0 Å². The number of aliphatic carboxylic acids is 1. The zero-order valence-electron chi connectivity index (χ0n) is 11.2. The van der Waals surface area contributed by atoms with Gasteiger partial charge in [0.15, 0.2) is 0 Å². The fourth-order valence-electron chi connectivity index (χ4n) is 1.79. The Hall–Kier alpha value is -2.54. The molecular weight excluding hydrogens is 277 g/mol. The molecule has 0 spiro atoms. The maximum absolute atomic E-state index is 12.8. The summed E-state index contributed by atoms with van der Waals surface area (Å²) in [7, 11) is 0. The number of aromatic nitrogens is 2. The minimum absolute atomic E-state index is 0.152. The van der Waals surface area contributed by atoms with Gasteiger partial charge in [-0.15, -0.1) is 6.58 Å². The van der Waals surface area contributed by atoms with Crippen molar-refractivity contribution in [3.8, 4) is 11.4 Å². The summed E-state index contributed by atoms with van der Waals surface area (Å²) in [6.07, 6.45) is 1.60. The minimum Gasteiger partial charge on any atom is -0.480 e. The predicted octanol–water partition coefficient (Wildman–Crippen LogP) is 1.95. The summed E-state index contributed by atoms with van der Waals surface area (Å²) >= 11 is 0. The molecule has 1 aromatic carbocycles. The lowest BCUT2D eigenvalue weighted by Gasteiger charge is -2.15. The fourth-order valence-corrected chi connectivity index (χ4v) is 1.79. The Morgan fingerprint density at radius 2 is 2.14 bits per heavy atom. The highest BCUT2D eigenvalue weighted by Crippen LogP contribution is 2.16. The van der Waals surface area contributed by atoms with E-state index in [-0.39, 0.29) is 24.8 Å². The van der Waals surface area contributed by atoms with E-state index in [0.29, 0.717) is 17.9 Å². The van der Waals surface area contributed by atoms with Crippen molar-refractivity contribution in [2.75, 3.05) is 13.1 Å². The molecule has 0 bridgehead atoms. The third-order valence-electron chi connectivity index (χ3n) is 2.68. The lowest BCUT2D eigenvalue weighted by molar-refractivity contribution is -0.138. The third kappa shape index (κ3) is 4.22. The molecule has 0 aliphatic heterocycles. The van der Waals surface area contributed by atoms with Crippen molar-refractivity contribution in [1.82, 2.24) is 15.0 Å². The quantitative estimate of drug-likeness (QED) is 0.785. The predicted molar refractivity (Wildman–Crippen MR) is 72.8 cm³/mol. The largest absolute Gasteiger partial charge is 0.480 e. The van der Waals surface area contributed by atoms with Gasteiger partial charge in [-0.25, -0.2) is 4.39 Å². The Morgan fingerprint density at radius 3 is 2.76 bits per heavy atom. The normalized spacial score (nSPS) is 10.8. The molecule has 7 heteroatoms. The van der Waals surface area contributed by atoms with Crippen LogP contribution in [0.1, 0.15) is 5.89 Å². The lowest BCUT2D eigenvalue weighted by atomic mass is 10.2. The first kappa shape index (κ1) is 14.9. The maximum Gasteiger partial charge on any atom is 0.317 e. The number of halogens is 1. The van der Waals surface area contributed by atoms with E-state index in [2.05, 4.69) is 16.7 Å². The summed E-state index contributed by atoms with van der Waals surface area (Å²) < 4.78 is 17.9. The van der Waals surface area contributed by atoms with Crippen molar-refractivity contribution in [2.45, 2.75) is 6.54 Å². The van der Waals surface area contributed by atoms with Crippen LogP contribution in [-0.4, -0.2) is 39.2 Å². The third-order valence-corrected chi connectivity index (χ3v) is 2.68. The molecule has 0 aliphatic rings. The molecule has 0 radical (unpaired) electrons. The van der Waals surface area contributed by atoms with Crippen molar-refractivity contribution < 1.29 is 18.8 Å². The van der Waals surface area contributed by atoms with Crippen LogP contribution in [0, 0.1) is 5.82 Å². The number of hydrogen-bond donors (Lipinski definition) is 1. The second kappa shape index (κ2) is 6.76. The SMILES string of the molecule is C=CCN(CC(=O)O)Cc1nc(-c2ccc(F)cc2)no1. The average Bonchev–Trinajstić information content (AvgIpc) is 2.87. The van der Waals surface area contributed by atoms with E-state index >= 15 is 0 Å². The van der Waals surface area contributed by atoms with Gasteiger partial charge >= 0.3 is 5.97 Å². The molecule has 0 fully saturated rings. The highest BCUT2D eigenvalue weighted by Gasteiger charge is 2.14. The van der Waals surface area contributed by atoms with Crippen LogP contribution < -0.4 is 0 Å². The molecule has 0 saturated carbocycles. The Morgan fingerprint density at radius 1 is 1.43 bits per heavy atom. The molecule has 1 heterocycles. The van der Waals surface area contributed by atoms with Gasteiger partial charge in [-0.05, 0) is 24.3 Å². The smallest absolute Gasteiger partial charge is 0.317 e. The van der Waals surface area contributed by atoms with E-state index in [4.69, 9.17) is 9.63 Å². The van der Waals surface area contributed by atoms with Gasteiger partial charge in [0.2, 0.25) is 11.7 Å². The van der Waals surface area contributed by atoms with Crippen LogP contribution in [0.15, 0.2) is 41.4 Å². The Kier molecular flexibility index (Phi) is 4.78. The fraction of sp³-hybridized carbons (Fsp3) is 0.214. The number of carboxylic acids is 1. The van der Waals surface area contributed by atoms with Crippen LogP contribution in [0.5, 0.6) is 0 Å². The number of carbonyl (C=O) groups is 1. The van der Waals surface area contributed by atoms with Gasteiger partial charge in [0, 0.05) is 12.1 Å². The van der Waals surface area contributed by atoms with Crippen molar-refractivity contribution >= 4 is 5.97 Å². The summed E-state index contributed by atoms with van der Waals surface area (Å²) in [5, 5.41) is 12.6. The zero-order chi connectivity index (χ0) is 15.2. The van der Waals surface area contributed by atoms with Gasteiger partial charge in [0.05, 0.1) is 13.1 Å². The van der Waals surface area contributed by atoms with E-state index in [1.54, 1.807) is 23.1 Å². The first-order chi connectivity index (χ1) is 10.1. The number of benzene rings is 1. The molecular formula is C14H14FN3O3. The molecule has 1 N–H and O–H groups in total. The first-order valence-electron chi connectivity index (χ1n) is 6.22. The number of hydrogen-bond acceptors (Lipinski definition) is 5. The molecule has 1 aromatic heterocycles. The van der Waals surface area contributed by atoms with Crippen molar-refractivity contribution in [2.24, 2.45) is 0 Å². The van der Waals surface area contributed by atoms with Crippen molar-refractivity contribution in [1.29, 1.82) is 0 Å². The summed E-state index contributed by atoms with van der Waals surface area (Å²) in [5.74, 6) is -0.674. The topological polar surface area (TPSA) is 79.5 Å². The van der Waals surface area contributed by atoms with Crippen molar-refractivity contribution in [3.05, 3.63) is 48.6 Å². The highest BCUT2D eigenvalue weighted by atomic mass is 19.1. The Balaban J connectivity index is 2.09. The zero-order valence-corrected chi connectivity index (χ0v) is 11.2. The van der Waals surface area contributed by atoms with E-state index in [0.717, 1.165) is 0 Å². The summed E-state index contributed by atoms with van der Waals surface area (Å²) in [4.78, 5) is 16.5. The highest BCUT2D eigenvalue weighted by molar-refractivity contribution is 5.69. The molecule has 0 unspecified atom stereocenters. The second-order valence-corrected chi connectivity index (χ2v) is 4.37. The van der Waals surface area contributed by atoms with Crippen LogP contribution in [0.25, 0.3) is 11.4 Å². The van der Waals surface area contributed by atoms with Gasteiger partial charge in [-0.2, -0.15) is 4.98 Å². The lowest BCUT2D eigenvalue weighted by Crippen LogP contribution is -2.29. The molecule has 2 rings (SSSR count). The first-order valence-corrected chi connectivity index (χ1v) is 6.22. The minimum atomic E-state index is -0.949. The van der Waals surface area contributed by atoms with E-state index < -0.39 is 5.97 Å². The molecule has 6 nitrogen and oxygen atoms in total. The van der Waals surface area contributed by atoms with E-state index in [1.165, 1.54) is 12.1 Å². The molecule has 0 aliphatic carbocycles. The van der Waals surface area contributed by atoms with Gasteiger partial charge in [-0.3, -0.25) is 9.69 Å². The van der Waals surface area contributed by atoms with Gasteiger partial charge in [0.1, 0.15) is 5.82 Å². The Labute approximate surface area is 120 Å². The molecule has 2 aromatic rings.